The van der Waals surface area contributed by atoms with E-state index in [4.69, 9.17) is 5.73 Å². The Hall–Kier alpha value is -2.79. The third kappa shape index (κ3) is 4.49. The molecule has 0 saturated heterocycles. The molecule has 142 valence electrons. The standard InChI is InChI=1S/C22H28N4O/c1-4-5-12-26(3)14-16-6-9-18(10-7-16)24-15(2)21-19-13-17(23)8-11-20(19)25-22(21)27/h6-11,13,24H,4-5,12,14,23H2,1-3H3,(H,25,27)/b21-15-. The number of nitrogens with zero attached hydrogens (tertiary/aromatic N) is 1. The number of unbranched alkanes of at least 4 members (excludes halogenated alkanes) is 1. The SMILES string of the molecule is CCCCN(C)Cc1ccc(N/C(C)=C2\C(=O)Nc3ccc(N)cc32)cc1. The first-order valence-electron chi connectivity index (χ1n) is 9.44. The molecule has 0 aromatic heterocycles. The van der Waals surface area contributed by atoms with Crippen molar-refractivity contribution < 1.29 is 4.79 Å². The Balaban J connectivity index is 1.73. The van der Waals surface area contributed by atoms with Gasteiger partial charge >= 0.3 is 0 Å². The zero-order chi connectivity index (χ0) is 19.4. The summed E-state index contributed by atoms with van der Waals surface area (Å²) in [4.78, 5) is 14.7. The van der Waals surface area contributed by atoms with Gasteiger partial charge in [0.25, 0.3) is 5.91 Å². The Bertz CT molecular complexity index is 855. The molecule has 1 aliphatic heterocycles. The first-order chi connectivity index (χ1) is 13.0. The van der Waals surface area contributed by atoms with Crippen LogP contribution in [0.2, 0.25) is 0 Å². The van der Waals surface area contributed by atoms with E-state index >= 15 is 0 Å². The van der Waals surface area contributed by atoms with Crippen molar-refractivity contribution in [2.75, 3.05) is 30.0 Å². The van der Waals surface area contributed by atoms with Gasteiger partial charge in [0.1, 0.15) is 0 Å². The quantitative estimate of drug-likeness (QED) is 0.506. The molecule has 0 spiro atoms. The Kier molecular flexibility index (Phi) is 5.81. The zero-order valence-corrected chi connectivity index (χ0v) is 16.3. The van der Waals surface area contributed by atoms with Crippen LogP contribution < -0.4 is 16.4 Å². The normalized spacial score (nSPS) is 14.9. The van der Waals surface area contributed by atoms with Gasteiger partial charge in [0.15, 0.2) is 0 Å². The highest BCUT2D eigenvalue weighted by Gasteiger charge is 2.26. The number of fused-ring (bicyclic) bond motifs is 1. The average Bonchev–Trinajstić information content (AvgIpc) is 2.96. The number of rotatable bonds is 7. The minimum Gasteiger partial charge on any atom is -0.399 e. The van der Waals surface area contributed by atoms with Crippen molar-refractivity contribution in [3.8, 4) is 0 Å². The van der Waals surface area contributed by atoms with Crippen LogP contribution in [0.15, 0.2) is 48.2 Å². The van der Waals surface area contributed by atoms with Gasteiger partial charge in [0, 0.05) is 34.9 Å². The maximum absolute atomic E-state index is 12.4. The number of nitrogens with one attached hydrogen (secondary N) is 2. The molecule has 0 fully saturated rings. The summed E-state index contributed by atoms with van der Waals surface area (Å²) in [6.45, 7) is 6.18. The van der Waals surface area contributed by atoms with Gasteiger partial charge in [-0.2, -0.15) is 0 Å². The van der Waals surface area contributed by atoms with Gasteiger partial charge in [-0.25, -0.2) is 0 Å². The average molecular weight is 364 g/mol. The van der Waals surface area contributed by atoms with Gasteiger partial charge in [-0.15, -0.1) is 0 Å². The number of carbonyl (C=O) groups is 1. The van der Waals surface area contributed by atoms with E-state index in [-0.39, 0.29) is 5.91 Å². The van der Waals surface area contributed by atoms with Gasteiger partial charge in [-0.05, 0) is 62.8 Å². The molecule has 0 unspecified atom stereocenters. The molecule has 1 heterocycles. The molecule has 5 heteroatoms. The first-order valence-corrected chi connectivity index (χ1v) is 9.44. The predicted octanol–water partition coefficient (Wildman–Crippen LogP) is 4.30. The van der Waals surface area contributed by atoms with E-state index in [0.29, 0.717) is 11.3 Å². The lowest BCUT2D eigenvalue weighted by Gasteiger charge is -2.16. The van der Waals surface area contributed by atoms with E-state index in [1.54, 1.807) is 6.07 Å². The number of benzene rings is 2. The number of allylic oxidation sites excluding steroid dienone is 1. The Labute approximate surface area is 161 Å². The van der Waals surface area contributed by atoms with E-state index < -0.39 is 0 Å². The third-order valence-corrected chi connectivity index (χ3v) is 4.79. The molecule has 0 radical (unpaired) electrons. The summed E-state index contributed by atoms with van der Waals surface area (Å²) in [6, 6.07) is 13.8. The minimum atomic E-state index is -0.102. The fourth-order valence-electron chi connectivity index (χ4n) is 3.35. The molecular formula is C22H28N4O. The van der Waals surface area contributed by atoms with Crippen LogP contribution >= 0.6 is 0 Å². The van der Waals surface area contributed by atoms with Crippen LogP contribution in [-0.4, -0.2) is 24.4 Å². The van der Waals surface area contributed by atoms with Crippen LogP contribution in [0.25, 0.3) is 5.57 Å². The molecule has 0 bridgehead atoms. The lowest BCUT2D eigenvalue weighted by Crippen LogP contribution is -2.18. The summed E-state index contributed by atoms with van der Waals surface area (Å²) >= 11 is 0. The van der Waals surface area contributed by atoms with Gasteiger partial charge in [0.2, 0.25) is 0 Å². The Morgan fingerprint density at radius 1 is 1.19 bits per heavy atom. The smallest absolute Gasteiger partial charge is 0.258 e. The van der Waals surface area contributed by atoms with Crippen LogP contribution in [-0.2, 0) is 11.3 Å². The summed E-state index contributed by atoms with van der Waals surface area (Å²) in [5, 5.41) is 6.24. The number of carbonyl (C=O) groups excluding carboxylic acids is 1. The Morgan fingerprint density at radius 2 is 1.93 bits per heavy atom. The summed E-state index contributed by atoms with van der Waals surface area (Å²) in [6.07, 6.45) is 2.43. The van der Waals surface area contributed by atoms with Crippen molar-refractivity contribution in [1.29, 1.82) is 0 Å². The maximum Gasteiger partial charge on any atom is 0.258 e. The van der Waals surface area contributed by atoms with Crippen molar-refractivity contribution in [2.24, 2.45) is 0 Å². The van der Waals surface area contributed by atoms with E-state index in [1.165, 1.54) is 18.4 Å². The lowest BCUT2D eigenvalue weighted by atomic mass is 10.0. The summed E-state index contributed by atoms with van der Waals surface area (Å²) in [7, 11) is 2.15. The molecule has 3 rings (SSSR count). The first kappa shape index (κ1) is 19.0. The topological polar surface area (TPSA) is 70.4 Å². The third-order valence-electron chi connectivity index (χ3n) is 4.79. The summed E-state index contributed by atoms with van der Waals surface area (Å²) in [5.74, 6) is -0.102. The fourth-order valence-corrected chi connectivity index (χ4v) is 3.35. The number of hydrogen-bond acceptors (Lipinski definition) is 4. The second-order valence-electron chi connectivity index (χ2n) is 7.17. The van der Waals surface area contributed by atoms with Crippen molar-refractivity contribution in [1.82, 2.24) is 4.90 Å². The van der Waals surface area contributed by atoms with Crippen LogP contribution in [0.1, 0.15) is 37.8 Å². The molecule has 0 aliphatic carbocycles. The zero-order valence-electron chi connectivity index (χ0n) is 16.3. The summed E-state index contributed by atoms with van der Waals surface area (Å²) in [5.41, 5.74) is 11.9. The largest absolute Gasteiger partial charge is 0.399 e. The molecule has 0 atom stereocenters. The number of nitrogen functional groups attached to an aromatic ring is 1. The Morgan fingerprint density at radius 3 is 2.63 bits per heavy atom. The molecule has 0 saturated carbocycles. The molecule has 1 amide bonds. The number of anilines is 3. The second-order valence-corrected chi connectivity index (χ2v) is 7.17. The monoisotopic (exact) mass is 364 g/mol. The van der Waals surface area contributed by atoms with Crippen LogP contribution in [0.3, 0.4) is 0 Å². The van der Waals surface area contributed by atoms with E-state index in [1.807, 2.05) is 19.1 Å². The maximum atomic E-state index is 12.4. The number of nitrogens with two attached hydrogens (primary N) is 1. The van der Waals surface area contributed by atoms with Crippen LogP contribution in [0, 0.1) is 0 Å². The van der Waals surface area contributed by atoms with Crippen LogP contribution in [0.4, 0.5) is 17.1 Å². The summed E-state index contributed by atoms with van der Waals surface area (Å²) < 4.78 is 0. The van der Waals surface area contributed by atoms with Crippen LogP contribution in [0.5, 0.6) is 0 Å². The highest BCUT2D eigenvalue weighted by molar-refractivity contribution is 6.32. The highest BCUT2D eigenvalue weighted by atomic mass is 16.2. The second kappa shape index (κ2) is 8.27. The van der Waals surface area contributed by atoms with Gasteiger partial charge in [0.05, 0.1) is 5.57 Å². The van der Waals surface area contributed by atoms with E-state index in [9.17, 15) is 4.79 Å². The fraction of sp³-hybridized carbons (Fsp3) is 0.318. The van der Waals surface area contributed by atoms with E-state index in [2.05, 4.69) is 53.8 Å². The molecule has 27 heavy (non-hydrogen) atoms. The molecule has 2 aromatic carbocycles. The molecule has 1 aliphatic rings. The van der Waals surface area contributed by atoms with Crippen molar-refractivity contribution >= 4 is 28.5 Å². The van der Waals surface area contributed by atoms with Crippen molar-refractivity contribution in [3.05, 3.63) is 59.3 Å². The van der Waals surface area contributed by atoms with E-state index in [0.717, 1.165) is 35.7 Å². The minimum absolute atomic E-state index is 0.102. The predicted molar refractivity (Wildman–Crippen MR) is 113 cm³/mol. The van der Waals surface area contributed by atoms with Crippen molar-refractivity contribution in [2.45, 2.75) is 33.2 Å². The van der Waals surface area contributed by atoms with Gasteiger partial charge in [-0.1, -0.05) is 25.5 Å². The molecule has 4 N–H and O–H groups in total. The lowest BCUT2D eigenvalue weighted by molar-refractivity contribution is -0.110. The number of hydrogen-bond donors (Lipinski definition) is 3. The highest BCUT2D eigenvalue weighted by Crippen LogP contribution is 2.35. The number of amides is 1. The molecular weight excluding hydrogens is 336 g/mol. The van der Waals surface area contributed by atoms with Crippen molar-refractivity contribution in [3.63, 3.8) is 0 Å². The van der Waals surface area contributed by atoms with Gasteiger partial charge in [-0.3, -0.25) is 4.79 Å². The molecule has 2 aromatic rings. The molecule has 5 nitrogen and oxygen atoms in total. The van der Waals surface area contributed by atoms with Gasteiger partial charge < -0.3 is 21.3 Å².